The van der Waals surface area contributed by atoms with E-state index in [2.05, 4.69) is 40.7 Å². The third kappa shape index (κ3) is 8.05. The Morgan fingerprint density at radius 3 is 2.60 bits per heavy atom. The molecule has 3 rings (SSSR count). The van der Waals surface area contributed by atoms with Crippen LogP contribution in [0.4, 0.5) is 0 Å². The Morgan fingerprint density at radius 1 is 1.20 bits per heavy atom. The molecular weight excluding hydrogens is 436 g/mol. The largest absolute Gasteiger partial charge is 0.461 e. The highest BCUT2D eigenvalue weighted by molar-refractivity contribution is 5.72. The average Bonchev–Trinajstić information content (AvgIpc) is 2.82. The van der Waals surface area contributed by atoms with Gasteiger partial charge in [-0.25, -0.2) is 9.78 Å². The van der Waals surface area contributed by atoms with Crippen molar-refractivity contribution in [1.29, 1.82) is 0 Å². The maximum atomic E-state index is 12.5. The molecule has 35 heavy (non-hydrogen) atoms. The number of ether oxygens (including phenoxy) is 1. The van der Waals surface area contributed by atoms with E-state index in [0.29, 0.717) is 5.41 Å². The fraction of sp³-hybridized carbons (Fsp3) is 0.645. The summed E-state index contributed by atoms with van der Waals surface area (Å²) in [4.78, 5) is 24.1. The van der Waals surface area contributed by atoms with E-state index in [4.69, 9.17) is 14.5 Å². The van der Waals surface area contributed by atoms with Gasteiger partial charge in [-0.05, 0) is 96.5 Å². The van der Waals surface area contributed by atoms with E-state index in [9.17, 15) is 4.79 Å². The molecule has 1 aromatic carbocycles. The molecule has 0 unspecified atom stereocenters. The van der Waals surface area contributed by atoms with Crippen molar-refractivity contribution in [2.75, 3.05) is 0 Å². The van der Waals surface area contributed by atoms with Crippen molar-refractivity contribution in [3.05, 3.63) is 58.7 Å². The van der Waals surface area contributed by atoms with Gasteiger partial charge in [0.25, 0.3) is 0 Å². The highest BCUT2D eigenvalue weighted by Crippen LogP contribution is 2.42. The molecule has 4 nitrogen and oxygen atoms in total. The molecule has 1 aliphatic heterocycles. The maximum absolute atomic E-state index is 12.5. The van der Waals surface area contributed by atoms with E-state index >= 15 is 0 Å². The first kappa shape index (κ1) is 27.7. The van der Waals surface area contributed by atoms with Gasteiger partial charge in [-0.2, -0.15) is 0 Å². The van der Waals surface area contributed by atoms with E-state index in [1.54, 1.807) is 11.1 Å². The Kier molecular flexibility index (Phi) is 9.77. The third-order valence-electron chi connectivity index (χ3n) is 8.10. The van der Waals surface area contributed by atoms with Crippen molar-refractivity contribution >= 4 is 5.97 Å². The van der Waals surface area contributed by atoms with Gasteiger partial charge in [-0.1, -0.05) is 67.0 Å². The smallest absolute Gasteiger partial charge is 0.311 e. The lowest BCUT2D eigenvalue weighted by molar-refractivity contribution is -0.411. The van der Waals surface area contributed by atoms with Crippen LogP contribution >= 0.6 is 0 Å². The first-order valence-corrected chi connectivity index (χ1v) is 13.5. The molecule has 1 heterocycles. The highest BCUT2D eigenvalue weighted by Gasteiger charge is 2.38. The van der Waals surface area contributed by atoms with Gasteiger partial charge in [0.05, 0.1) is 5.92 Å². The van der Waals surface area contributed by atoms with Gasteiger partial charge in [0.2, 0.25) is 0 Å². The first-order valence-electron chi connectivity index (χ1n) is 13.5. The van der Waals surface area contributed by atoms with Gasteiger partial charge in [-0.15, -0.1) is 0 Å². The Labute approximate surface area is 213 Å². The zero-order valence-electron chi connectivity index (χ0n) is 22.8. The topological polar surface area (TPSA) is 44.8 Å². The second kappa shape index (κ2) is 12.4. The van der Waals surface area contributed by atoms with E-state index < -0.39 is 0 Å². The minimum Gasteiger partial charge on any atom is -0.461 e. The highest BCUT2D eigenvalue weighted by atomic mass is 17.2. The van der Waals surface area contributed by atoms with Crippen molar-refractivity contribution in [3.8, 4) is 0 Å². The maximum Gasteiger partial charge on any atom is 0.311 e. The molecule has 0 aromatic heterocycles. The fourth-order valence-corrected chi connectivity index (χ4v) is 5.50. The van der Waals surface area contributed by atoms with Gasteiger partial charge in [0, 0.05) is 0 Å². The van der Waals surface area contributed by atoms with Crippen LogP contribution in [0.1, 0.15) is 105 Å². The number of esters is 1. The fourth-order valence-electron chi connectivity index (χ4n) is 5.50. The molecule has 4 heteroatoms. The molecule has 3 atom stereocenters. The lowest BCUT2D eigenvalue weighted by atomic mass is 9.71. The lowest BCUT2D eigenvalue weighted by Gasteiger charge is -2.37. The van der Waals surface area contributed by atoms with Crippen molar-refractivity contribution < 1.29 is 19.3 Å². The summed E-state index contributed by atoms with van der Waals surface area (Å²) >= 11 is 0. The van der Waals surface area contributed by atoms with Crippen LogP contribution in [0.3, 0.4) is 0 Å². The summed E-state index contributed by atoms with van der Waals surface area (Å²) in [6.45, 7) is 13.7. The Morgan fingerprint density at radius 2 is 1.94 bits per heavy atom. The van der Waals surface area contributed by atoms with Gasteiger partial charge < -0.3 is 4.74 Å². The van der Waals surface area contributed by atoms with Gasteiger partial charge >= 0.3 is 5.97 Å². The summed E-state index contributed by atoms with van der Waals surface area (Å²) in [5.41, 5.74) is 5.77. The average molecular weight is 483 g/mol. The summed E-state index contributed by atoms with van der Waals surface area (Å²) < 4.78 is 5.49. The number of carbonyl (C=O) groups excluding carboxylic acids is 1. The predicted molar refractivity (Wildman–Crippen MR) is 142 cm³/mol. The summed E-state index contributed by atoms with van der Waals surface area (Å²) in [5.74, 6) is -0.594. The zero-order chi connectivity index (χ0) is 25.5. The number of carbonyl (C=O) groups is 1. The summed E-state index contributed by atoms with van der Waals surface area (Å²) in [6, 6.07) is 9.74. The van der Waals surface area contributed by atoms with Crippen LogP contribution in [0.25, 0.3) is 0 Å². The van der Waals surface area contributed by atoms with Crippen LogP contribution in [0.2, 0.25) is 0 Å². The molecule has 0 saturated carbocycles. The van der Waals surface area contributed by atoms with E-state index in [0.717, 1.165) is 37.7 Å². The van der Waals surface area contributed by atoms with Crippen LogP contribution < -0.4 is 0 Å². The molecule has 1 fully saturated rings. The standard InChI is InChI=1S/C31H46O4/c1-23(16-17-27-24(2)13-11-19-30(27,4)5)12-10-20-31(6)21-18-28(34-35-31)25(3)29(32)33-22-26-14-8-7-9-15-26/h7-9,12,14-15,25,28H,10-11,13,16-22H2,1-6H3/b23-12+/t25-,28-,31-/m0/s1. The van der Waals surface area contributed by atoms with Crippen molar-refractivity contribution in [3.63, 3.8) is 0 Å². The summed E-state index contributed by atoms with van der Waals surface area (Å²) in [6.07, 6.45) is 11.9. The Hall–Kier alpha value is -1.91. The van der Waals surface area contributed by atoms with Crippen LogP contribution in [0, 0.1) is 11.3 Å². The third-order valence-corrected chi connectivity index (χ3v) is 8.10. The van der Waals surface area contributed by atoms with E-state index in [1.165, 1.54) is 31.3 Å². The van der Waals surface area contributed by atoms with Crippen LogP contribution in [-0.4, -0.2) is 17.7 Å². The predicted octanol–water partition coefficient (Wildman–Crippen LogP) is 8.27. The van der Waals surface area contributed by atoms with Gasteiger partial charge in [0.1, 0.15) is 18.3 Å². The van der Waals surface area contributed by atoms with E-state index in [-0.39, 0.29) is 30.2 Å². The van der Waals surface area contributed by atoms with Crippen LogP contribution in [0.5, 0.6) is 0 Å². The molecule has 1 saturated heterocycles. The van der Waals surface area contributed by atoms with Crippen molar-refractivity contribution in [1.82, 2.24) is 0 Å². The first-order chi connectivity index (χ1) is 16.6. The molecule has 0 amide bonds. The summed E-state index contributed by atoms with van der Waals surface area (Å²) in [5, 5.41) is 0. The second-order valence-electron chi connectivity index (χ2n) is 11.7. The minimum absolute atomic E-state index is 0.240. The van der Waals surface area contributed by atoms with E-state index in [1.807, 2.05) is 37.3 Å². The molecule has 2 aliphatic rings. The van der Waals surface area contributed by atoms with Gasteiger partial charge in [0.15, 0.2) is 0 Å². The normalized spacial score (nSPS) is 25.9. The Bertz CT molecular complexity index is 888. The molecule has 0 spiro atoms. The minimum atomic E-state index is -0.354. The molecule has 1 aromatic rings. The monoisotopic (exact) mass is 482 g/mol. The molecule has 0 radical (unpaired) electrons. The van der Waals surface area contributed by atoms with Crippen LogP contribution in [-0.2, 0) is 25.9 Å². The Balaban J connectivity index is 1.39. The second-order valence-corrected chi connectivity index (χ2v) is 11.7. The van der Waals surface area contributed by atoms with Gasteiger partial charge in [-0.3, -0.25) is 4.79 Å². The number of hydrogen-bond acceptors (Lipinski definition) is 4. The molecule has 0 N–H and O–H groups in total. The number of rotatable bonds is 10. The summed E-state index contributed by atoms with van der Waals surface area (Å²) in [7, 11) is 0. The number of benzene rings is 1. The molecule has 0 bridgehead atoms. The quantitative estimate of drug-likeness (QED) is 0.191. The number of hydrogen-bond donors (Lipinski definition) is 0. The molecule has 194 valence electrons. The molecular formula is C31H46O4. The number of allylic oxidation sites excluding steroid dienone is 4. The molecule has 1 aliphatic carbocycles. The van der Waals surface area contributed by atoms with Crippen molar-refractivity contribution in [2.24, 2.45) is 11.3 Å². The van der Waals surface area contributed by atoms with Crippen molar-refractivity contribution in [2.45, 2.75) is 118 Å². The lowest BCUT2D eigenvalue weighted by Crippen LogP contribution is -2.41. The SMILES string of the molecule is CC1=C(CC/C(C)=C/CC[C@@]2(C)CC[C@@H]([C@H](C)C(=O)OCc3ccccc3)OO2)C(C)(C)CCC1. The zero-order valence-corrected chi connectivity index (χ0v) is 22.8. The van der Waals surface area contributed by atoms with Crippen LogP contribution in [0.15, 0.2) is 53.1 Å².